The molecule has 0 aliphatic rings. The second kappa shape index (κ2) is 10.0. The van der Waals surface area contributed by atoms with Gasteiger partial charge in [-0.1, -0.05) is 63.3 Å². The summed E-state index contributed by atoms with van der Waals surface area (Å²) in [6, 6.07) is 15.2. The lowest BCUT2D eigenvalue weighted by molar-refractivity contribution is 0.473. The van der Waals surface area contributed by atoms with Crippen LogP contribution in [-0.4, -0.2) is 10.2 Å². The summed E-state index contributed by atoms with van der Waals surface area (Å²) in [5.41, 5.74) is 2.59. The summed E-state index contributed by atoms with van der Waals surface area (Å²) < 4.78 is 0. The summed E-state index contributed by atoms with van der Waals surface area (Å²) >= 11 is 0. The van der Waals surface area contributed by atoms with Gasteiger partial charge in [0.1, 0.15) is 11.5 Å². The zero-order chi connectivity index (χ0) is 17.2. The highest BCUT2D eigenvalue weighted by molar-refractivity contribution is 5.29. The maximum absolute atomic E-state index is 9.52. The normalized spacial score (nSPS) is 12.2. The third kappa shape index (κ3) is 6.27. The van der Waals surface area contributed by atoms with Gasteiger partial charge in [-0.2, -0.15) is 0 Å². The van der Waals surface area contributed by atoms with Crippen molar-refractivity contribution in [3.63, 3.8) is 0 Å². The number of phenols is 2. The first-order chi connectivity index (χ1) is 11.7. The summed E-state index contributed by atoms with van der Waals surface area (Å²) in [5.74, 6) is 1.18. The van der Waals surface area contributed by atoms with E-state index < -0.39 is 0 Å². The third-order valence-corrected chi connectivity index (χ3v) is 4.74. The van der Waals surface area contributed by atoms with Crippen molar-refractivity contribution in [3.05, 3.63) is 59.7 Å². The zero-order valence-corrected chi connectivity index (χ0v) is 14.7. The molecule has 0 spiro atoms. The molecular weight excluding hydrogens is 296 g/mol. The van der Waals surface area contributed by atoms with Crippen LogP contribution in [0.2, 0.25) is 0 Å². The summed E-state index contributed by atoms with van der Waals surface area (Å²) in [6.07, 6.45) is 9.83. The Bertz CT molecular complexity index is 572. The minimum atomic E-state index is 0.324. The van der Waals surface area contributed by atoms with Gasteiger partial charge in [-0.05, 0) is 60.6 Å². The van der Waals surface area contributed by atoms with Crippen LogP contribution in [0.15, 0.2) is 48.5 Å². The molecule has 2 aromatic carbocycles. The van der Waals surface area contributed by atoms with Crippen LogP contribution in [0.1, 0.15) is 68.9 Å². The third-order valence-electron chi connectivity index (χ3n) is 4.74. The van der Waals surface area contributed by atoms with Gasteiger partial charge >= 0.3 is 0 Å². The molecule has 1 atom stereocenters. The maximum Gasteiger partial charge on any atom is 0.115 e. The Kier molecular flexibility index (Phi) is 7.67. The Morgan fingerprint density at radius 1 is 0.708 bits per heavy atom. The van der Waals surface area contributed by atoms with E-state index in [1.54, 1.807) is 24.3 Å². The van der Waals surface area contributed by atoms with Gasteiger partial charge in [0.15, 0.2) is 0 Å². The number of aryl methyl sites for hydroxylation is 1. The molecule has 2 rings (SSSR count). The predicted octanol–water partition coefficient (Wildman–Crippen LogP) is 6.17. The van der Waals surface area contributed by atoms with E-state index >= 15 is 0 Å². The molecular formula is C22H30O2. The molecule has 0 amide bonds. The molecule has 2 N–H and O–H groups in total. The van der Waals surface area contributed by atoms with E-state index in [-0.39, 0.29) is 0 Å². The van der Waals surface area contributed by atoms with E-state index in [1.165, 1.54) is 49.7 Å². The smallest absolute Gasteiger partial charge is 0.115 e. The van der Waals surface area contributed by atoms with Crippen molar-refractivity contribution in [2.75, 3.05) is 0 Å². The molecule has 0 aliphatic heterocycles. The Balaban J connectivity index is 1.93. The highest BCUT2D eigenvalue weighted by Crippen LogP contribution is 2.29. The predicted molar refractivity (Wildman–Crippen MR) is 101 cm³/mol. The highest BCUT2D eigenvalue weighted by atomic mass is 16.3. The van der Waals surface area contributed by atoms with Gasteiger partial charge < -0.3 is 10.2 Å². The molecule has 0 aromatic heterocycles. The molecule has 24 heavy (non-hydrogen) atoms. The first kappa shape index (κ1) is 18.4. The van der Waals surface area contributed by atoms with E-state index in [1.807, 2.05) is 12.1 Å². The Morgan fingerprint density at radius 2 is 1.29 bits per heavy atom. The van der Waals surface area contributed by atoms with Crippen LogP contribution >= 0.6 is 0 Å². The van der Waals surface area contributed by atoms with Gasteiger partial charge in [-0.25, -0.2) is 0 Å². The van der Waals surface area contributed by atoms with E-state index in [2.05, 4.69) is 19.1 Å². The highest BCUT2D eigenvalue weighted by Gasteiger charge is 2.12. The number of benzene rings is 2. The van der Waals surface area contributed by atoms with Crippen LogP contribution in [0, 0.1) is 0 Å². The first-order valence-electron chi connectivity index (χ1n) is 9.26. The van der Waals surface area contributed by atoms with E-state index in [9.17, 15) is 10.2 Å². The van der Waals surface area contributed by atoms with Crippen molar-refractivity contribution < 1.29 is 10.2 Å². The van der Waals surface area contributed by atoms with Crippen LogP contribution in [0.4, 0.5) is 0 Å². The average Bonchev–Trinajstić information content (AvgIpc) is 2.60. The standard InChI is InChI=1S/C22H30O2/c1-2-3-4-5-6-7-19(20-12-16-22(24)17-13-20)11-8-18-9-14-21(23)15-10-18/h9-10,12-17,19,23-24H,2-8,11H2,1H3. The van der Waals surface area contributed by atoms with Crippen molar-refractivity contribution >= 4 is 0 Å². The SMILES string of the molecule is CCCCCCCC(CCc1ccc(O)cc1)c1ccc(O)cc1. The zero-order valence-electron chi connectivity index (χ0n) is 14.7. The second-order valence-electron chi connectivity index (χ2n) is 6.70. The lowest BCUT2D eigenvalue weighted by Gasteiger charge is -2.18. The number of hydrogen-bond donors (Lipinski definition) is 2. The molecule has 0 radical (unpaired) electrons. The fourth-order valence-electron chi connectivity index (χ4n) is 3.22. The van der Waals surface area contributed by atoms with Gasteiger partial charge in [0.05, 0.1) is 0 Å². The maximum atomic E-state index is 9.52. The van der Waals surface area contributed by atoms with E-state index in [0.717, 1.165) is 12.8 Å². The Morgan fingerprint density at radius 3 is 1.92 bits per heavy atom. The van der Waals surface area contributed by atoms with E-state index in [0.29, 0.717) is 17.4 Å². The molecule has 0 heterocycles. The lowest BCUT2D eigenvalue weighted by atomic mass is 9.87. The van der Waals surface area contributed by atoms with Gasteiger partial charge in [-0.3, -0.25) is 0 Å². The molecule has 2 aromatic rings. The van der Waals surface area contributed by atoms with Crippen molar-refractivity contribution in [2.24, 2.45) is 0 Å². The molecule has 2 nitrogen and oxygen atoms in total. The number of unbranched alkanes of at least 4 members (excludes halogenated alkanes) is 4. The Hall–Kier alpha value is -1.96. The van der Waals surface area contributed by atoms with Crippen molar-refractivity contribution in [3.8, 4) is 11.5 Å². The largest absolute Gasteiger partial charge is 0.508 e. The summed E-state index contributed by atoms with van der Waals surface area (Å²) in [4.78, 5) is 0. The van der Waals surface area contributed by atoms with Crippen molar-refractivity contribution in [1.29, 1.82) is 0 Å². The van der Waals surface area contributed by atoms with Gasteiger partial charge in [0.25, 0.3) is 0 Å². The van der Waals surface area contributed by atoms with Crippen LogP contribution in [0.25, 0.3) is 0 Å². The minimum absolute atomic E-state index is 0.324. The van der Waals surface area contributed by atoms with Crippen LogP contribution < -0.4 is 0 Å². The monoisotopic (exact) mass is 326 g/mol. The fourth-order valence-corrected chi connectivity index (χ4v) is 3.22. The quantitative estimate of drug-likeness (QED) is 0.512. The van der Waals surface area contributed by atoms with Crippen LogP contribution in [0.5, 0.6) is 11.5 Å². The van der Waals surface area contributed by atoms with Gasteiger partial charge in [-0.15, -0.1) is 0 Å². The topological polar surface area (TPSA) is 40.5 Å². The molecule has 0 fully saturated rings. The molecule has 2 heteroatoms. The number of hydrogen-bond acceptors (Lipinski definition) is 2. The van der Waals surface area contributed by atoms with Crippen molar-refractivity contribution in [1.82, 2.24) is 0 Å². The van der Waals surface area contributed by atoms with Crippen LogP contribution in [-0.2, 0) is 6.42 Å². The van der Waals surface area contributed by atoms with Crippen molar-refractivity contribution in [2.45, 2.75) is 64.2 Å². The lowest BCUT2D eigenvalue weighted by Crippen LogP contribution is -2.01. The minimum Gasteiger partial charge on any atom is -0.508 e. The number of rotatable bonds is 10. The molecule has 130 valence electrons. The fraction of sp³-hybridized carbons (Fsp3) is 0.455. The summed E-state index contributed by atoms with van der Waals surface area (Å²) in [5, 5.41) is 18.9. The van der Waals surface area contributed by atoms with Gasteiger partial charge in [0.2, 0.25) is 0 Å². The summed E-state index contributed by atoms with van der Waals surface area (Å²) in [6.45, 7) is 2.25. The number of phenolic OH excluding ortho intramolecular Hbond substituents is 2. The summed E-state index contributed by atoms with van der Waals surface area (Å²) in [7, 11) is 0. The van der Waals surface area contributed by atoms with E-state index in [4.69, 9.17) is 0 Å². The van der Waals surface area contributed by atoms with Crippen LogP contribution in [0.3, 0.4) is 0 Å². The molecule has 1 unspecified atom stereocenters. The molecule has 0 saturated heterocycles. The van der Waals surface area contributed by atoms with Gasteiger partial charge in [0, 0.05) is 0 Å². The molecule has 0 saturated carbocycles. The second-order valence-corrected chi connectivity index (χ2v) is 6.70. The molecule has 0 bridgehead atoms. The molecule has 0 aliphatic carbocycles. The number of aromatic hydroxyl groups is 2. The Labute approximate surface area is 146 Å². The average molecular weight is 326 g/mol. The first-order valence-corrected chi connectivity index (χ1v) is 9.26.